The minimum absolute atomic E-state index is 0.00261. The summed E-state index contributed by atoms with van der Waals surface area (Å²) in [6, 6.07) is 7.97. The Labute approximate surface area is 158 Å². The third-order valence-electron chi connectivity index (χ3n) is 3.88. The molecule has 1 fully saturated rings. The number of nitrogens with zero attached hydrogens (tertiary/aromatic N) is 2. The van der Waals surface area contributed by atoms with Gasteiger partial charge in [0.15, 0.2) is 0 Å². The molecule has 1 heterocycles. The summed E-state index contributed by atoms with van der Waals surface area (Å²) in [5, 5.41) is 0.475. The predicted octanol–water partition coefficient (Wildman–Crippen LogP) is 2.07. The third-order valence-corrected chi connectivity index (χ3v) is 3.88. The zero-order valence-electron chi connectivity index (χ0n) is 15.9. The number of likely N-dealkylation sites (N-methyl/N-ethyl adjacent to an activating group) is 1. The highest BCUT2D eigenvalue weighted by Crippen LogP contribution is 2.18. The first-order valence-corrected chi connectivity index (χ1v) is 8.66. The van der Waals surface area contributed by atoms with Crippen LogP contribution in [0.1, 0.15) is 39.2 Å². The molecule has 8 heteroatoms. The van der Waals surface area contributed by atoms with E-state index in [9.17, 15) is 19.2 Å². The highest BCUT2D eigenvalue weighted by atomic mass is 16.7. The SMILES string of the molecule is CN(C(=O)OC(C)(C)C)[C@@H](Cc1ccccc1)C(=O)ON1C(=O)CCC1=O. The molecule has 0 bridgehead atoms. The maximum atomic E-state index is 12.7. The summed E-state index contributed by atoms with van der Waals surface area (Å²) < 4.78 is 5.31. The molecule has 1 aliphatic heterocycles. The Bertz CT molecular complexity index is 709. The van der Waals surface area contributed by atoms with Crippen molar-refractivity contribution in [1.82, 2.24) is 9.96 Å². The van der Waals surface area contributed by atoms with Crippen LogP contribution in [0.3, 0.4) is 0 Å². The maximum absolute atomic E-state index is 12.7. The summed E-state index contributed by atoms with van der Waals surface area (Å²) in [6.07, 6.45) is -0.570. The van der Waals surface area contributed by atoms with Gasteiger partial charge in [0.1, 0.15) is 11.6 Å². The quantitative estimate of drug-likeness (QED) is 0.731. The van der Waals surface area contributed by atoms with Crippen LogP contribution in [0, 0.1) is 0 Å². The molecule has 2 rings (SSSR count). The molecule has 1 saturated heterocycles. The number of rotatable bonds is 5. The van der Waals surface area contributed by atoms with E-state index in [1.807, 2.05) is 6.07 Å². The summed E-state index contributed by atoms with van der Waals surface area (Å²) in [6.45, 7) is 5.14. The molecule has 0 unspecified atom stereocenters. The number of imide groups is 1. The van der Waals surface area contributed by atoms with Gasteiger partial charge in [-0.05, 0) is 26.3 Å². The molecule has 1 atom stereocenters. The van der Waals surface area contributed by atoms with Gasteiger partial charge in [-0.1, -0.05) is 30.3 Å². The average molecular weight is 376 g/mol. The minimum Gasteiger partial charge on any atom is -0.444 e. The van der Waals surface area contributed by atoms with Crippen LogP contribution < -0.4 is 0 Å². The number of amides is 3. The van der Waals surface area contributed by atoms with E-state index in [0.717, 1.165) is 10.5 Å². The average Bonchev–Trinajstić information content (AvgIpc) is 2.90. The van der Waals surface area contributed by atoms with Crippen LogP contribution in [0.2, 0.25) is 0 Å². The van der Waals surface area contributed by atoms with Crippen molar-refractivity contribution in [2.24, 2.45) is 0 Å². The van der Waals surface area contributed by atoms with Gasteiger partial charge in [0.2, 0.25) is 0 Å². The Hall–Kier alpha value is -2.90. The number of benzene rings is 1. The fourth-order valence-electron chi connectivity index (χ4n) is 2.49. The van der Waals surface area contributed by atoms with Crippen LogP contribution in [0.25, 0.3) is 0 Å². The first-order chi connectivity index (χ1) is 12.6. The van der Waals surface area contributed by atoms with Crippen molar-refractivity contribution < 1.29 is 28.8 Å². The molecule has 0 aromatic heterocycles. The Morgan fingerprint density at radius 3 is 2.19 bits per heavy atom. The Balaban J connectivity index is 2.20. The van der Waals surface area contributed by atoms with Gasteiger partial charge in [-0.2, -0.15) is 0 Å². The molecule has 0 aliphatic carbocycles. The van der Waals surface area contributed by atoms with E-state index in [1.165, 1.54) is 7.05 Å². The number of carbonyl (C=O) groups is 4. The molecule has 0 N–H and O–H groups in total. The van der Waals surface area contributed by atoms with Crippen LogP contribution in [-0.2, 0) is 30.4 Å². The van der Waals surface area contributed by atoms with Crippen molar-refractivity contribution in [3.63, 3.8) is 0 Å². The Kier molecular flexibility index (Phi) is 6.20. The van der Waals surface area contributed by atoms with E-state index in [1.54, 1.807) is 45.0 Å². The number of hydroxylamine groups is 2. The van der Waals surface area contributed by atoms with Crippen LogP contribution in [0.4, 0.5) is 4.79 Å². The van der Waals surface area contributed by atoms with Gasteiger partial charge in [0.25, 0.3) is 11.8 Å². The predicted molar refractivity (Wildman–Crippen MR) is 95.1 cm³/mol. The highest BCUT2D eigenvalue weighted by Gasteiger charge is 2.38. The summed E-state index contributed by atoms with van der Waals surface area (Å²) in [4.78, 5) is 54.7. The van der Waals surface area contributed by atoms with E-state index in [4.69, 9.17) is 9.57 Å². The number of hydrogen-bond donors (Lipinski definition) is 0. The van der Waals surface area contributed by atoms with Gasteiger partial charge in [-0.25, -0.2) is 9.59 Å². The van der Waals surface area contributed by atoms with Crippen LogP contribution in [-0.4, -0.2) is 52.5 Å². The topological polar surface area (TPSA) is 93.2 Å². The second-order valence-corrected chi connectivity index (χ2v) is 7.29. The molecule has 146 valence electrons. The lowest BCUT2D eigenvalue weighted by Crippen LogP contribution is -2.48. The Morgan fingerprint density at radius 1 is 1.11 bits per heavy atom. The van der Waals surface area contributed by atoms with Crippen molar-refractivity contribution in [3.05, 3.63) is 35.9 Å². The lowest BCUT2D eigenvalue weighted by Gasteiger charge is -2.30. The lowest BCUT2D eigenvalue weighted by atomic mass is 10.1. The second kappa shape index (κ2) is 8.20. The molecule has 3 amide bonds. The molecular formula is C19H24N2O6. The molecule has 1 aliphatic rings. The summed E-state index contributed by atoms with van der Waals surface area (Å²) >= 11 is 0. The summed E-state index contributed by atoms with van der Waals surface area (Å²) in [7, 11) is 1.41. The Morgan fingerprint density at radius 2 is 1.67 bits per heavy atom. The van der Waals surface area contributed by atoms with E-state index in [2.05, 4.69) is 0 Å². The molecule has 8 nitrogen and oxygen atoms in total. The highest BCUT2D eigenvalue weighted by molar-refractivity contribution is 6.01. The standard InChI is InChI=1S/C19H24N2O6/c1-19(2,3)26-18(25)20(4)14(12-13-8-6-5-7-9-13)17(24)27-21-15(22)10-11-16(21)23/h5-9,14H,10-12H2,1-4H3/t14-/m0/s1. The van der Waals surface area contributed by atoms with E-state index in [-0.39, 0.29) is 19.3 Å². The zero-order valence-corrected chi connectivity index (χ0v) is 15.9. The van der Waals surface area contributed by atoms with E-state index in [0.29, 0.717) is 5.06 Å². The van der Waals surface area contributed by atoms with Crippen molar-refractivity contribution in [3.8, 4) is 0 Å². The smallest absolute Gasteiger partial charge is 0.410 e. The van der Waals surface area contributed by atoms with Crippen molar-refractivity contribution in [2.75, 3.05) is 7.05 Å². The second-order valence-electron chi connectivity index (χ2n) is 7.29. The summed E-state index contributed by atoms with van der Waals surface area (Å²) in [5.74, 6) is -2.03. The molecule has 0 radical (unpaired) electrons. The van der Waals surface area contributed by atoms with Gasteiger partial charge in [-0.3, -0.25) is 14.5 Å². The first-order valence-electron chi connectivity index (χ1n) is 8.66. The molecule has 27 heavy (non-hydrogen) atoms. The molecule has 0 spiro atoms. The molecular weight excluding hydrogens is 352 g/mol. The maximum Gasteiger partial charge on any atom is 0.410 e. The van der Waals surface area contributed by atoms with Crippen LogP contribution in [0.15, 0.2) is 30.3 Å². The van der Waals surface area contributed by atoms with Crippen LogP contribution >= 0.6 is 0 Å². The lowest BCUT2D eigenvalue weighted by molar-refractivity contribution is -0.200. The fraction of sp³-hybridized carbons (Fsp3) is 0.474. The number of ether oxygens (including phenoxy) is 1. The zero-order chi connectivity index (χ0) is 20.2. The summed E-state index contributed by atoms with van der Waals surface area (Å²) in [5.41, 5.74) is 0.0434. The van der Waals surface area contributed by atoms with E-state index >= 15 is 0 Å². The van der Waals surface area contributed by atoms with Crippen molar-refractivity contribution in [2.45, 2.75) is 51.7 Å². The van der Waals surface area contributed by atoms with Gasteiger partial charge < -0.3 is 9.57 Å². The van der Waals surface area contributed by atoms with Gasteiger partial charge >= 0.3 is 12.1 Å². The minimum atomic E-state index is -1.07. The van der Waals surface area contributed by atoms with Crippen molar-refractivity contribution in [1.29, 1.82) is 0 Å². The molecule has 0 saturated carbocycles. The molecule has 1 aromatic rings. The fourth-order valence-corrected chi connectivity index (χ4v) is 2.49. The van der Waals surface area contributed by atoms with Gasteiger partial charge in [-0.15, -0.1) is 5.06 Å². The number of carbonyl (C=O) groups excluding carboxylic acids is 4. The monoisotopic (exact) mass is 376 g/mol. The van der Waals surface area contributed by atoms with Crippen LogP contribution in [0.5, 0.6) is 0 Å². The van der Waals surface area contributed by atoms with Gasteiger partial charge in [0.05, 0.1) is 0 Å². The largest absolute Gasteiger partial charge is 0.444 e. The molecule has 1 aromatic carbocycles. The first kappa shape index (κ1) is 20.4. The number of hydrogen-bond acceptors (Lipinski definition) is 6. The normalized spacial score (nSPS) is 15.5. The van der Waals surface area contributed by atoms with E-state index < -0.39 is 35.5 Å². The van der Waals surface area contributed by atoms with Crippen molar-refractivity contribution >= 4 is 23.9 Å². The van der Waals surface area contributed by atoms with Gasteiger partial charge in [0, 0.05) is 26.3 Å². The third kappa shape index (κ3) is 5.54.